The summed E-state index contributed by atoms with van der Waals surface area (Å²) in [4.78, 5) is 0. The average Bonchev–Trinajstić information content (AvgIpc) is 2.48. The van der Waals surface area contributed by atoms with Crippen LogP contribution in [0.25, 0.3) is 0 Å². The van der Waals surface area contributed by atoms with Gasteiger partial charge >= 0.3 is 0 Å². The van der Waals surface area contributed by atoms with Crippen molar-refractivity contribution in [1.29, 1.82) is 0 Å². The quantitative estimate of drug-likeness (QED) is 0.761. The number of rotatable bonds is 7. The molecule has 0 atom stereocenters. The Morgan fingerprint density at radius 1 is 1.00 bits per heavy atom. The monoisotopic (exact) mass is 273 g/mol. The molecule has 2 N–H and O–H groups in total. The maximum Gasteiger partial charge on any atom is 0.166 e. The third-order valence-electron chi connectivity index (χ3n) is 2.86. The minimum Gasteiger partial charge on any atom is -0.490 e. The van der Waals surface area contributed by atoms with E-state index in [1.165, 1.54) is 0 Å². The van der Waals surface area contributed by atoms with Crippen molar-refractivity contribution in [1.82, 2.24) is 5.48 Å². The minimum atomic E-state index is 0.311. The van der Waals surface area contributed by atoms with Crippen LogP contribution in [0.2, 0.25) is 0 Å². The summed E-state index contributed by atoms with van der Waals surface area (Å²) in [7, 11) is 0. The van der Waals surface area contributed by atoms with E-state index in [4.69, 9.17) is 14.7 Å². The summed E-state index contributed by atoms with van der Waals surface area (Å²) < 4.78 is 11.5. The molecule has 0 aliphatic carbocycles. The van der Waals surface area contributed by atoms with Gasteiger partial charge in [-0.15, -0.1) is 0 Å². The first-order valence-corrected chi connectivity index (χ1v) is 6.63. The van der Waals surface area contributed by atoms with Crippen LogP contribution in [0.5, 0.6) is 11.5 Å². The van der Waals surface area contributed by atoms with Crippen molar-refractivity contribution in [2.45, 2.75) is 20.1 Å². The molecule has 20 heavy (non-hydrogen) atoms. The molecule has 4 heteroatoms. The van der Waals surface area contributed by atoms with E-state index in [2.05, 4.69) is 5.48 Å². The van der Waals surface area contributed by atoms with Gasteiger partial charge < -0.3 is 14.7 Å². The summed E-state index contributed by atoms with van der Waals surface area (Å²) in [5.41, 5.74) is 4.10. The van der Waals surface area contributed by atoms with Crippen LogP contribution in [0, 0.1) is 0 Å². The fourth-order valence-electron chi connectivity index (χ4n) is 1.95. The molecule has 106 valence electrons. The van der Waals surface area contributed by atoms with Gasteiger partial charge in [-0.1, -0.05) is 42.5 Å². The van der Waals surface area contributed by atoms with Gasteiger partial charge in [0.1, 0.15) is 6.61 Å². The zero-order valence-electron chi connectivity index (χ0n) is 11.5. The van der Waals surface area contributed by atoms with Crippen LogP contribution in [-0.4, -0.2) is 11.8 Å². The van der Waals surface area contributed by atoms with Gasteiger partial charge in [0, 0.05) is 12.1 Å². The van der Waals surface area contributed by atoms with E-state index < -0.39 is 0 Å². The fraction of sp³-hybridized carbons (Fsp3) is 0.250. The summed E-state index contributed by atoms with van der Waals surface area (Å²) in [6.45, 7) is 3.27. The zero-order valence-corrected chi connectivity index (χ0v) is 11.5. The Labute approximate surface area is 118 Å². The molecule has 0 amide bonds. The summed E-state index contributed by atoms with van der Waals surface area (Å²) in [5, 5.41) is 8.90. The normalized spacial score (nSPS) is 10.3. The Balaban J connectivity index is 2.18. The number of para-hydroxylation sites is 1. The molecule has 0 bridgehead atoms. The third kappa shape index (κ3) is 3.73. The summed E-state index contributed by atoms with van der Waals surface area (Å²) in [6, 6.07) is 15.6. The Bertz CT molecular complexity index is 504. The van der Waals surface area contributed by atoms with Crippen molar-refractivity contribution in [3.63, 3.8) is 0 Å². The van der Waals surface area contributed by atoms with Crippen LogP contribution >= 0.6 is 0 Å². The first kappa shape index (κ1) is 14.4. The average molecular weight is 273 g/mol. The lowest BCUT2D eigenvalue weighted by Gasteiger charge is -2.15. The molecule has 4 nitrogen and oxygen atoms in total. The molecule has 2 aromatic rings. The molecule has 0 saturated heterocycles. The fourth-order valence-corrected chi connectivity index (χ4v) is 1.95. The number of nitrogens with one attached hydrogen (secondary N) is 1. The highest BCUT2D eigenvalue weighted by Crippen LogP contribution is 2.32. The molecule has 0 saturated carbocycles. The van der Waals surface area contributed by atoms with Gasteiger partial charge in [-0.25, -0.2) is 5.48 Å². The van der Waals surface area contributed by atoms with Gasteiger partial charge in [0.15, 0.2) is 11.5 Å². The Morgan fingerprint density at radius 2 is 1.80 bits per heavy atom. The number of benzene rings is 2. The molecule has 0 spiro atoms. The molecule has 2 rings (SSSR count). The molecule has 2 aromatic carbocycles. The van der Waals surface area contributed by atoms with Crippen molar-refractivity contribution in [3.8, 4) is 11.5 Å². The molecular formula is C16H19NO3. The Morgan fingerprint density at radius 3 is 2.50 bits per heavy atom. The predicted octanol–water partition coefficient (Wildman–Crippen LogP) is 3.14. The van der Waals surface area contributed by atoms with Gasteiger partial charge in [-0.2, -0.15) is 0 Å². The van der Waals surface area contributed by atoms with Crippen LogP contribution < -0.4 is 15.0 Å². The van der Waals surface area contributed by atoms with Crippen LogP contribution in [0.3, 0.4) is 0 Å². The second-order valence-corrected chi connectivity index (χ2v) is 4.29. The number of hydrogen-bond donors (Lipinski definition) is 2. The first-order chi connectivity index (χ1) is 9.85. The SMILES string of the molecule is CCOc1cccc(CNO)c1OCc1ccccc1. The van der Waals surface area contributed by atoms with Crippen molar-refractivity contribution in [2.24, 2.45) is 0 Å². The minimum absolute atomic E-state index is 0.311. The summed E-state index contributed by atoms with van der Waals surface area (Å²) >= 11 is 0. The third-order valence-corrected chi connectivity index (χ3v) is 2.86. The summed E-state index contributed by atoms with van der Waals surface area (Å²) in [6.07, 6.45) is 0. The standard InChI is InChI=1S/C16H19NO3/c1-2-19-15-10-6-9-14(11-17-18)16(15)20-12-13-7-4-3-5-8-13/h3-10,17-18H,2,11-12H2,1H3. The second kappa shape index (κ2) is 7.53. The number of ether oxygens (including phenoxy) is 2. The van der Waals surface area contributed by atoms with Gasteiger partial charge in [0.05, 0.1) is 6.61 Å². The number of hydroxylamine groups is 1. The molecule has 0 unspecified atom stereocenters. The molecule has 0 radical (unpaired) electrons. The molecule has 0 aliphatic heterocycles. The van der Waals surface area contributed by atoms with E-state index in [1.807, 2.05) is 55.5 Å². The van der Waals surface area contributed by atoms with Crippen molar-refractivity contribution in [3.05, 3.63) is 59.7 Å². The second-order valence-electron chi connectivity index (χ2n) is 4.29. The zero-order chi connectivity index (χ0) is 14.2. The lowest BCUT2D eigenvalue weighted by Crippen LogP contribution is -2.09. The van der Waals surface area contributed by atoms with Crippen LogP contribution in [0.15, 0.2) is 48.5 Å². The predicted molar refractivity (Wildman–Crippen MR) is 77.0 cm³/mol. The maximum absolute atomic E-state index is 8.90. The molecule has 0 aliphatic rings. The highest BCUT2D eigenvalue weighted by Gasteiger charge is 2.11. The van der Waals surface area contributed by atoms with Crippen LogP contribution in [0.4, 0.5) is 0 Å². The van der Waals surface area contributed by atoms with Crippen LogP contribution in [0.1, 0.15) is 18.1 Å². The molecule has 0 fully saturated rings. The van der Waals surface area contributed by atoms with Gasteiger partial charge in [0.25, 0.3) is 0 Å². The molecule has 0 aromatic heterocycles. The number of hydrogen-bond acceptors (Lipinski definition) is 4. The molecule has 0 heterocycles. The van der Waals surface area contributed by atoms with Crippen molar-refractivity contribution in [2.75, 3.05) is 6.61 Å². The maximum atomic E-state index is 8.90. The Hall–Kier alpha value is -2.04. The highest BCUT2D eigenvalue weighted by molar-refractivity contribution is 5.46. The van der Waals surface area contributed by atoms with E-state index in [9.17, 15) is 0 Å². The van der Waals surface area contributed by atoms with Gasteiger partial charge in [0.2, 0.25) is 0 Å². The van der Waals surface area contributed by atoms with Crippen LogP contribution in [-0.2, 0) is 13.2 Å². The highest BCUT2D eigenvalue weighted by atomic mass is 16.5. The lowest BCUT2D eigenvalue weighted by molar-refractivity contribution is 0.159. The van der Waals surface area contributed by atoms with Gasteiger partial charge in [-0.3, -0.25) is 0 Å². The first-order valence-electron chi connectivity index (χ1n) is 6.63. The van der Waals surface area contributed by atoms with E-state index in [0.717, 1.165) is 11.1 Å². The Kier molecular flexibility index (Phi) is 5.41. The summed E-state index contributed by atoms with van der Waals surface area (Å²) in [5.74, 6) is 1.36. The molecular weight excluding hydrogens is 254 g/mol. The largest absolute Gasteiger partial charge is 0.490 e. The van der Waals surface area contributed by atoms with E-state index in [0.29, 0.717) is 31.3 Å². The topological polar surface area (TPSA) is 50.7 Å². The smallest absolute Gasteiger partial charge is 0.166 e. The van der Waals surface area contributed by atoms with Gasteiger partial charge in [-0.05, 0) is 18.6 Å². The van der Waals surface area contributed by atoms with E-state index >= 15 is 0 Å². The van der Waals surface area contributed by atoms with Crippen molar-refractivity contribution < 1.29 is 14.7 Å². The lowest BCUT2D eigenvalue weighted by atomic mass is 10.2. The van der Waals surface area contributed by atoms with E-state index in [1.54, 1.807) is 0 Å². The van der Waals surface area contributed by atoms with Crippen molar-refractivity contribution >= 4 is 0 Å². The van der Waals surface area contributed by atoms with E-state index in [-0.39, 0.29) is 0 Å².